The van der Waals surface area contributed by atoms with Crippen molar-refractivity contribution >= 4 is 69.6 Å². The Morgan fingerprint density at radius 1 is 0.605 bits per heavy atom. The molecule has 20 heteroatoms. The van der Waals surface area contributed by atoms with Crippen LogP contribution < -0.4 is 10.6 Å². The van der Waals surface area contributed by atoms with Gasteiger partial charge in [-0.25, -0.2) is 22.3 Å². The largest absolute Gasteiger partial charge is 0.469 e. The van der Waals surface area contributed by atoms with Crippen LogP contribution in [0.5, 0.6) is 0 Å². The van der Waals surface area contributed by atoms with Gasteiger partial charge in [0, 0.05) is 30.7 Å². The Kier molecular flexibility index (Phi) is 43.7. The molecule has 0 aliphatic carbocycles. The number of unbranched alkanes of at least 4 members (excludes halogenated alkanes) is 12. The molecule has 3 aromatic rings. The summed E-state index contributed by atoms with van der Waals surface area (Å²) >= 11 is 5.42. The summed E-state index contributed by atoms with van der Waals surface area (Å²) in [6.07, 6.45) is 15.5. The van der Waals surface area contributed by atoms with Gasteiger partial charge in [0.05, 0.1) is 31.2 Å². The van der Waals surface area contributed by atoms with Crippen LogP contribution >= 0.6 is 24.4 Å². The van der Waals surface area contributed by atoms with E-state index in [0.717, 1.165) is 92.5 Å². The number of esters is 2. The van der Waals surface area contributed by atoms with Crippen molar-refractivity contribution in [2.75, 3.05) is 38.8 Å². The fourth-order valence-electron chi connectivity index (χ4n) is 7.75. The van der Waals surface area contributed by atoms with Gasteiger partial charge >= 0.3 is 24.1 Å². The lowest BCUT2D eigenvalue weighted by atomic mass is 10.1. The van der Waals surface area contributed by atoms with E-state index in [2.05, 4.69) is 72.3 Å². The third kappa shape index (κ3) is 37.2. The van der Waals surface area contributed by atoms with Crippen LogP contribution in [0.2, 0.25) is 0 Å². The molecule has 3 amide bonds. The van der Waals surface area contributed by atoms with E-state index >= 15 is 0 Å². The number of thioether (sulfide) groups is 1. The van der Waals surface area contributed by atoms with Crippen molar-refractivity contribution < 1.29 is 56.1 Å². The highest BCUT2D eigenvalue weighted by Crippen LogP contribution is 2.18. The lowest BCUT2D eigenvalue weighted by Crippen LogP contribution is -2.49. The number of nitrogens with one attached hydrogen (secondary N) is 2. The van der Waals surface area contributed by atoms with Crippen LogP contribution in [0, 0.1) is 18.3 Å². The SMILES string of the molecule is CCN(C(C)C)C(C)C.COC(=O)CCCCCCCCCS.COC(=O)CCCCCCCCCSC(=O)[C@@H](C)NC(=O)OCc1ccccc1.Cc1ccc(S(=O)(=O)N(CC#N)C(=O)[C@@H](C)NC(=O)OCc2ccccc2)cc1. The molecule has 3 aromatic carbocycles. The highest BCUT2D eigenvalue weighted by atomic mass is 32.2. The Balaban J connectivity index is 0.00000115. The Labute approximate surface area is 495 Å². The van der Waals surface area contributed by atoms with Crippen molar-refractivity contribution in [2.24, 2.45) is 0 Å². The zero-order valence-electron chi connectivity index (χ0n) is 50.0. The second-order valence-electron chi connectivity index (χ2n) is 19.7. The average molecular weight is 1190 g/mol. The van der Waals surface area contributed by atoms with Crippen molar-refractivity contribution in [3.63, 3.8) is 0 Å². The van der Waals surface area contributed by atoms with Crippen LogP contribution in [0.3, 0.4) is 0 Å². The zero-order valence-corrected chi connectivity index (χ0v) is 52.5. The number of alkyl carbamates (subject to hydrolysis) is 2. The lowest BCUT2D eigenvalue weighted by Gasteiger charge is -2.28. The molecule has 454 valence electrons. The number of carbonyl (C=O) groups excluding carboxylic acids is 6. The summed E-state index contributed by atoms with van der Waals surface area (Å²) in [5.74, 6) is 0.595. The molecule has 0 radical (unpaired) electrons. The fourth-order valence-corrected chi connectivity index (χ4v) is 10.2. The molecular formula is C61H95N5O12S3. The number of sulfonamides is 1. The number of hydrogen-bond acceptors (Lipinski definition) is 16. The summed E-state index contributed by atoms with van der Waals surface area (Å²) < 4.78 is 45.4. The summed E-state index contributed by atoms with van der Waals surface area (Å²) in [7, 11) is -1.39. The minimum atomic E-state index is -4.25. The number of nitrogens with zero attached hydrogens (tertiary/aromatic N) is 3. The van der Waals surface area contributed by atoms with E-state index in [1.807, 2.05) is 36.4 Å². The first-order chi connectivity index (χ1) is 38.7. The van der Waals surface area contributed by atoms with Crippen molar-refractivity contribution in [1.29, 1.82) is 5.26 Å². The number of thiol groups is 1. The summed E-state index contributed by atoms with van der Waals surface area (Å²) in [5, 5.41) is 13.8. The summed E-state index contributed by atoms with van der Waals surface area (Å²) in [5.41, 5.74) is 2.51. The van der Waals surface area contributed by atoms with E-state index in [9.17, 15) is 37.2 Å². The number of carbonyl (C=O) groups is 6. The van der Waals surface area contributed by atoms with Crippen molar-refractivity contribution in [1.82, 2.24) is 19.8 Å². The van der Waals surface area contributed by atoms with Crippen molar-refractivity contribution in [3.8, 4) is 6.07 Å². The van der Waals surface area contributed by atoms with Crippen molar-refractivity contribution in [3.05, 3.63) is 102 Å². The molecule has 81 heavy (non-hydrogen) atoms. The minimum Gasteiger partial charge on any atom is -0.469 e. The van der Waals surface area contributed by atoms with E-state index in [1.165, 1.54) is 77.1 Å². The van der Waals surface area contributed by atoms with Gasteiger partial charge in [0.15, 0.2) is 0 Å². The number of rotatable bonds is 33. The number of methoxy groups -OCH3 is 2. The topological polar surface area (TPSA) is 228 Å². The Morgan fingerprint density at radius 3 is 1.40 bits per heavy atom. The minimum absolute atomic E-state index is 0.00282. The van der Waals surface area contributed by atoms with Gasteiger partial charge in [-0.05, 0) is 110 Å². The third-order valence-corrected chi connectivity index (χ3v) is 15.5. The van der Waals surface area contributed by atoms with Gasteiger partial charge in [-0.15, -0.1) is 0 Å². The second kappa shape index (κ2) is 46.9. The number of amides is 3. The predicted octanol–water partition coefficient (Wildman–Crippen LogP) is 12.5. The summed E-state index contributed by atoms with van der Waals surface area (Å²) in [6, 6.07) is 25.5. The molecule has 0 saturated carbocycles. The van der Waals surface area contributed by atoms with Gasteiger partial charge < -0.3 is 29.6 Å². The van der Waals surface area contributed by atoms with E-state index in [0.29, 0.717) is 29.2 Å². The molecule has 2 atom stereocenters. The molecule has 0 aliphatic rings. The summed E-state index contributed by atoms with van der Waals surface area (Å²) in [6.45, 7) is 16.6. The van der Waals surface area contributed by atoms with Crippen molar-refractivity contribution in [2.45, 2.75) is 200 Å². The van der Waals surface area contributed by atoms with E-state index in [-0.39, 0.29) is 35.2 Å². The number of nitriles is 1. The molecule has 0 saturated heterocycles. The number of ether oxygens (including phenoxy) is 4. The monoisotopic (exact) mass is 1190 g/mol. The summed E-state index contributed by atoms with van der Waals surface area (Å²) in [4.78, 5) is 72.6. The van der Waals surface area contributed by atoms with E-state index in [1.54, 1.807) is 56.3 Å². The van der Waals surface area contributed by atoms with Gasteiger partial charge in [-0.2, -0.15) is 17.9 Å². The Hall–Kier alpha value is -5.62. The Bertz CT molecular complexity index is 2330. The molecule has 17 nitrogen and oxygen atoms in total. The highest BCUT2D eigenvalue weighted by Gasteiger charge is 2.33. The van der Waals surface area contributed by atoms with Gasteiger partial charge in [0.25, 0.3) is 15.9 Å². The van der Waals surface area contributed by atoms with Gasteiger partial charge in [0.2, 0.25) is 5.12 Å². The molecule has 2 N–H and O–H groups in total. The first kappa shape index (κ1) is 75.4. The maximum Gasteiger partial charge on any atom is 0.408 e. The van der Waals surface area contributed by atoms with Gasteiger partial charge in [0.1, 0.15) is 25.8 Å². The lowest BCUT2D eigenvalue weighted by molar-refractivity contribution is -0.141. The van der Waals surface area contributed by atoms with E-state index < -0.39 is 46.7 Å². The first-order valence-corrected chi connectivity index (χ1v) is 31.4. The number of hydrogen-bond donors (Lipinski definition) is 3. The number of aryl methyl sites for hydroxylation is 1. The van der Waals surface area contributed by atoms with Crippen LogP contribution in [-0.4, -0.2) is 116 Å². The molecular weight excluding hydrogens is 1090 g/mol. The molecule has 3 rings (SSSR count). The van der Waals surface area contributed by atoms with Gasteiger partial charge in [-0.1, -0.05) is 161 Å². The third-order valence-electron chi connectivity index (χ3n) is 12.3. The quantitative estimate of drug-likeness (QED) is 0.0169. The predicted molar refractivity (Wildman–Crippen MR) is 326 cm³/mol. The Morgan fingerprint density at radius 2 is 1.01 bits per heavy atom. The molecule has 0 unspecified atom stereocenters. The van der Waals surface area contributed by atoms with E-state index in [4.69, 9.17) is 14.7 Å². The molecule has 0 aliphatic heterocycles. The average Bonchev–Trinajstić information content (AvgIpc) is 3.52. The molecule has 0 heterocycles. The second-order valence-corrected chi connectivity index (χ2v) is 23.1. The van der Waals surface area contributed by atoms with Crippen LogP contribution in [0.15, 0.2) is 89.8 Å². The van der Waals surface area contributed by atoms with Crippen LogP contribution in [0.1, 0.15) is 168 Å². The van der Waals surface area contributed by atoms with Crippen LogP contribution in [-0.2, 0) is 61.4 Å². The first-order valence-electron chi connectivity index (χ1n) is 28.3. The molecule has 0 fully saturated rings. The smallest absolute Gasteiger partial charge is 0.408 e. The molecule has 0 spiro atoms. The normalized spacial score (nSPS) is 11.4. The number of benzene rings is 3. The molecule has 0 bridgehead atoms. The highest BCUT2D eigenvalue weighted by molar-refractivity contribution is 8.13. The molecule has 0 aromatic heterocycles. The van der Waals surface area contributed by atoms with Crippen LogP contribution in [0.4, 0.5) is 9.59 Å². The fraction of sp³-hybridized carbons (Fsp3) is 0.590. The standard InChI is InChI=1S/C22H33NO5S.C20H21N3O5S.C11H22O2S.C8H19N/c1-18(23-22(26)28-17-19-13-9-8-10-14-19)21(25)29-16-12-7-5-3-4-6-11-15-20(24)27-2;1-15-8-10-18(11-9-15)29(26,27)23(13-12-21)19(24)16(2)22-20(25)28-14-17-6-4-3-5-7-17;1-13-11(12)9-7-5-3-2-4-6-8-10-14;1-6-9(7(2)3)8(4)5/h8-10,13-14,18H,3-7,11-12,15-17H2,1-2H3,(H,23,26);3-11,16H,13-14H2,1-2H3,(H,22,25);14H,2-10H2,1H3;7-8H,6H2,1-5H3/t18-;16-;;/m11../s1. The maximum atomic E-state index is 12.8. The van der Waals surface area contributed by atoms with Crippen LogP contribution in [0.25, 0.3) is 0 Å². The maximum absolute atomic E-state index is 12.8. The zero-order chi connectivity index (χ0) is 60.9. The van der Waals surface area contributed by atoms with Gasteiger partial charge in [-0.3, -0.25) is 24.1 Å².